The number of nitrogens with one attached hydrogen (secondary N) is 1. The highest BCUT2D eigenvalue weighted by molar-refractivity contribution is 6.36. The first-order valence-electron chi connectivity index (χ1n) is 13.6. The van der Waals surface area contributed by atoms with Crippen LogP contribution in [-0.2, 0) is 11.3 Å². The number of ketones is 1. The summed E-state index contributed by atoms with van der Waals surface area (Å²) in [6, 6.07) is 33.7. The SMILES string of the molecule is O=C(O)CCCC(=O)c1ccc(-c2cc(-c3ccccc3)ccc2CNc2ccc(-c3ccc(Cl)cc3Cl)cc2)cn1. The Bertz CT molecular complexity index is 1700. The summed E-state index contributed by atoms with van der Waals surface area (Å²) in [4.78, 5) is 27.7. The summed E-state index contributed by atoms with van der Waals surface area (Å²) < 4.78 is 0. The van der Waals surface area contributed by atoms with Gasteiger partial charge in [0.05, 0.1) is 0 Å². The molecule has 0 fully saturated rings. The number of anilines is 1. The van der Waals surface area contributed by atoms with Gasteiger partial charge in [0.2, 0.25) is 0 Å². The fourth-order valence-electron chi connectivity index (χ4n) is 4.74. The number of Topliss-reactive ketones (excluding diaryl/α,β-unsaturated/α-hetero) is 1. The summed E-state index contributed by atoms with van der Waals surface area (Å²) >= 11 is 12.4. The van der Waals surface area contributed by atoms with E-state index in [1.54, 1.807) is 18.3 Å². The van der Waals surface area contributed by atoms with Crippen LogP contribution in [0.5, 0.6) is 0 Å². The Labute approximate surface area is 254 Å². The number of carbonyl (C=O) groups excluding carboxylic acids is 1. The van der Waals surface area contributed by atoms with Gasteiger partial charge in [-0.25, -0.2) is 0 Å². The van der Waals surface area contributed by atoms with Crippen molar-refractivity contribution in [2.24, 2.45) is 0 Å². The van der Waals surface area contributed by atoms with Crippen LogP contribution in [0, 0.1) is 0 Å². The van der Waals surface area contributed by atoms with E-state index in [1.165, 1.54) is 0 Å². The van der Waals surface area contributed by atoms with Crippen LogP contribution >= 0.6 is 23.2 Å². The molecule has 0 radical (unpaired) electrons. The molecule has 5 rings (SSSR count). The first-order chi connectivity index (χ1) is 20.4. The molecule has 0 aliphatic carbocycles. The van der Waals surface area contributed by atoms with E-state index >= 15 is 0 Å². The summed E-state index contributed by atoms with van der Waals surface area (Å²) in [5.41, 5.74) is 8.36. The fraction of sp³-hybridized carbons (Fsp3) is 0.114. The minimum atomic E-state index is -0.910. The Morgan fingerprint density at radius 1 is 0.714 bits per heavy atom. The lowest BCUT2D eigenvalue weighted by Gasteiger charge is -2.15. The summed E-state index contributed by atoms with van der Waals surface area (Å²) in [6.07, 6.45) is 2.12. The predicted molar refractivity (Wildman–Crippen MR) is 170 cm³/mol. The van der Waals surface area contributed by atoms with Gasteiger partial charge < -0.3 is 10.4 Å². The Morgan fingerprint density at radius 2 is 1.45 bits per heavy atom. The lowest BCUT2D eigenvalue weighted by atomic mass is 9.95. The maximum Gasteiger partial charge on any atom is 0.303 e. The van der Waals surface area contributed by atoms with Crippen molar-refractivity contribution in [3.05, 3.63) is 131 Å². The van der Waals surface area contributed by atoms with Gasteiger partial charge in [0, 0.05) is 52.4 Å². The predicted octanol–water partition coefficient (Wildman–Crippen LogP) is 9.44. The van der Waals surface area contributed by atoms with Crippen LogP contribution in [-0.4, -0.2) is 21.8 Å². The first-order valence-corrected chi connectivity index (χ1v) is 14.3. The van der Waals surface area contributed by atoms with Crippen molar-refractivity contribution in [2.75, 3.05) is 5.32 Å². The molecule has 0 aliphatic rings. The average Bonchev–Trinajstić information content (AvgIpc) is 3.01. The van der Waals surface area contributed by atoms with Gasteiger partial charge in [-0.15, -0.1) is 0 Å². The third kappa shape index (κ3) is 7.24. The molecule has 0 saturated heterocycles. The van der Waals surface area contributed by atoms with Gasteiger partial charge in [-0.05, 0) is 70.6 Å². The molecule has 0 amide bonds. The third-order valence-corrected chi connectivity index (χ3v) is 7.53. The van der Waals surface area contributed by atoms with Crippen molar-refractivity contribution in [1.82, 2.24) is 4.98 Å². The zero-order valence-corrected chi connectivity index (χ0v) is 24.2. The van der Waals surface area contributed by atoms with E-state index in [4.69, 9.17) is 28.3 Å². The van der Waals surface area contributed by atoms with E-state index in [2.05, 4.69) is 40.6 Å². The molecule has 0 unspecified atom stereocenters. The van der Waals surface area contributed by atoms with E-state index in [9.17, 15) is 9.59 Å². The maximum absolute atomic E-state index is 12.5. The molecule has 1 heterocycles. The number of carbonyl (C=O) groups is 2. The zero-order chi connectivity index (χ0) is 29.5. The number of nitrogens with zero attached hydrogens (tertiary/aromatic N) is 1. The van der Waals surface area contributed by atoms with Crippen LogP contribution in [0.4, 0.5) is 5.69 Å². The molecule has 5 aromatic rings. The van der Waals surface area contributed by atoms with E-state index in [1.807, 2.05) is 60.7 Å². The lowest BCUT2D eigenvalue weighted by molar-refractivity contribution is -0.137. The topological polar surface area (TPSA) is 79.3 Å². The maximum atomic E-state index is 12.5. The van der Waals surface area contributed by atoms with E-state index in [0.29, 0.717) is 28.7 Å². The molecular formula is C35H28Cl2N2O3. The lowest BCUT2D eigenvalue weighted by Crippen LogP contribution is -2.05. The molecule has 210 valence electrons. The second kappa shape index (κ2) is 13.5. The monoisotopic (exact) mass is 594 g/mol. The molecule has 1 aromatic heterocycles. The van der Waals surface area contributed by atoms with E-state index < -0.39 is 5.97 Å². The number of hydrogen-bond donors (Lipinski definition) is 2. The van der Waals surface area contributed by atoms with E-state index in [0.717, 1.165) is 44.6 Å². The van der Waals surface area contributed by atoms with Gasteiger partial charge in [0.25, 0.3) is 0 Å². The zero-order valence-electron chi connectivity index (χ0n) is 22.7. The number of hydrogen-bond acceptors (Lipinski definition) is 4. The summed E-state index contributed by atoms with van der Waals surface area (Å²) in [6.45, 7) is 0.571. The summed E-state index contributed by atoms with van der Waals surface area (Å²) in [5, 5.41) is 13.6. The second-order valence-electron chi connectivity index (χ2n) is 9.90. The number of rotatable bonds is 11. The number of halogens is 2. The average molecular weight is 596 g/mol. The van der Waals surface area contributed by atoms with Crippen LogP contribution in [0.25, 0.3) is 33.4 Å². The highest BCUT2D eigenvalue weighted by Crippen LogP contribution is 2.32. The number of pyridine rings is 1. The quantitative estimate of drug-likeness (QED) is 0.149. The minimum absolute atomic E-state index is 0.0376. The highest BCUT2D eigenvalue weighted by atomic mass is 35.5. The molecule has 5 nitrogen and oxygen atoms in total. The van der Waals surface area contributed by atoms with Crippen molar-refractivity contribution >= 4 is 40.6 Å². The fourth-order valence-corrected chi connectivity index (χ4v) is 5.26. The molecular weight excluding hydrogens is 567 g/mol. The largest absolute Gasteiger partial charge is 0.481 e. The molecule has 7 heteroatoms. The number of carboxylic acids is 1. The number of carboxylic acid groups (broad SMARTS) is 1. The molecule has 0 atom stereocenters. The van der Waals surface area contributed by atoms with E-state index in [-0.39, 0.29) is 18.6 Å². The number of aromatic nitrogens is 1. The summed E-state index contributed by atoms with van der Waals surface area (Å²) in [5.74, 6) is -1.07. The van der Waals surface area contributed by atoms with Crippen molar-refractivity contribution in [1.29, 1.82) is 0 Å². The minimum Gasteiger partial charge on any atom is -0.481 e. The van der Waals surface area contributed by atoms with Gasteiger partial charge in [-0.2, -0.15) is 0 Å². The number of aliphatic carboxylic acids is 1. The van der Waals surface area contributed by atoms with Crippen molar-refractivity contribution in [3.63, 3.8) is 0 Å². The van der Waals surface area contributed by atoms with Crippen molar-refractivity contribution < 1.29 is 14.7 Å². The Hall–Kier alpha value is -4.45. The molecule has 4 aromatic carbocycles. The van der Waals surface area contributed by atoms with Crippen LogP contribution in [0.1, 0.15) is 35.3 Å². The van der Waals surface area contributed by atoms with Crippen molar-refractivity contribution in [3.8, 4) is 33.4 Å². The molecule has 0 saturated carbocycles. The Morgan fingerprint density at radius 3 is 2.14 bits per heavy atom. The molecule has 0 aliphatic heterocycles. The smallest absolute Gasteiger partial charge is 0.303 e. The van der Waals surface area contributed by atoms with Crippen molar-refractivity contribution in [2.45, 2.75) is 25.8 Å². The normalized spacial score (nSPS) is 10.8. The van der Waals surface area contributed by atoms with Crippen LogP contribution < -0.4 is 5.32 Å². The Kier molecular flexibility index (Phi) is 9.32. The first kappa shape index (κ1) is 29.1. The molecule has 0 bridgehead atoms. The van der Waals surface area contributed by atoms with Gasteiger partial charge in [-0.1, -0.05) is 89.9 Å². The second-order valence-corrected chi connectivity index (χ2v) is 10.7. The highest BCUT2D eigenvalue weighted by Gasteiger charge is 2.13. The molecule has 2 N–H and O–H groups in total. The Balaban J connectivity index is 1.37. The van der Waals surface area contributed by atoms with Gasteiger partial charge >= 0.3 is 5.97 Å². The standard InChI is InChI=1S/C35H28Cl2N2O3/c36-28-14-17-30(32(37)20-28)24-11-15-29(16-12-24)38-21-26-10-9-25(23-5-2-1-3-6-23)19-31(26)27-13-18-33(39-22-27)34(40)7-4-8-35(41)42/h1-3,5-6,9-20,22,38H,4,7-8,21H2,(H,41,42). The molecule has 0 spiro atoms. The van der Waals surface area contributed by atoms with Gasteiger partial charge in [0.1, 0.15) is 5.69 Å². The van der Waals surface area contributed by atoms with Crippen LogP contribution in [0.2, 0.25) is 10.0 Å². The van der Waals surface area contributed by atoms with Crippen LogP contribution in [0.3, 0.4) is 0 Å². The summed E-state index contributed by atoms with van der Waals surface area (Å²) in [7, 11) is 0. The molecule has 42 heavy (non-hydrogen) atoms. The van der Waals surface area contributed by atoms with Gasteiger partial charge in [-0.3, -0.25) is 14.6 Å². The van der Waals surface area contributed by atoms with Crippen LogP contribution in [0.15, 0.2) is 109 Å². The third-order valence-electron chi connectivity index (χ3n) is 6.98. The van der Waals surface area contributed by atoms with Gasteiger partial charge in [0.15, 0.2) is 5.78 Å². The number of benzene rings is 4.